The largest absolute Gasteiger partial charge is 0.497 e. The second kappa shape index (κ2) is 12.0. The van der Waals surface area contributed by atoms with Crippen LogP contribution in [0.1, 0.15) is 26.3 Å². The number of fused-ring (bicyclic) bond motifs is 1. The minimum Gasteiger partial charge on any atom is -0.497 e. The van der Waals surface area contributed by atoms with Gasteiger partial charge in [-0.25, -0.2) is 0 Å². The van der Waals surface area contributed by atoms with Crippen LogP contribution in [0, 0.1) is 0 Å². The van der Waals surface area contributed by atoms with E-state index in [1.165, 1.54) is 0 Å². The number of benzene rings is 3. The number of carbonyl (C=O) groups excluding carboxylic acids is 2. The predicted octanol–water partition coefficient (Wildman–Crippen LogP) is 4.00. The Hall–Kier alpha value is -4.37. The number of rotatable bonds is 12. The minimum atomic E-state index is -1.13. The number of aliphatic hydroxyl groups is 1. The van der Waals surface area contributed by atoms with Crippen LogP contribution < -0.4 is 9.47 Å². The number of methoxy groups -OCH3 is 1. The summed E-state index contributed by atoms with van der Waals surface area (Å²) in [6.45, 7) is -0.647. The minimum absolute atomic E-state index is 0.0885. The fraction of sp³-hybridized carbons (Fsp3) is 0.259. The fourth-order valence-corrected chi connectivity index (χ4v) is 4.20. The molecule has 0 saturated heterocycles. The Kier molecular flexibility index (Phi) is 8.37. The maximum atomic E-state index is 13.2. The number of hydrogen-bond donors (Lipinski definition) is 1. The standard InChI is InChI=1S/C27H26N4O6/c1-35-19-11-13-20(14-12-19)36-17-23(29-30-28)25(37-16-18-7-3-2-4-8-18)24(15-32)31-26(33)21-9-5-6-10-22(21)27(31)34/h2-14,23-25,32H,15-17H2,1H3/t23-,24+,25-/m0/s1. The van der Waals surface area contributed by atoms with E-state index < -0.39 is 36.6 Å². The Labute approximate surface area is 213 Å². The van der Waals surface area contributed by atoms with E-state index in [2.05, 4.69) is 10.0 Å². The maximum Gasteiger partial charge on any atom is 0.261 e. The van der Waals surface area contributed by atoms with E-state index in [1.54, 1.807) is 55.6 Å². The van der Waals surface area contributed by atoms with Crippen LogP contribution in [0.25, 0.3) is 10.4 Å². The monoisotopic (exact) mass is 502 g/mol. The highest BCUT2D eigenvalue weighted by Gasteiger charge is 2.45. The van der Waals surface area contributed by atoms with E-state index in [-0.39, 0.29) is 24.3 Å². The Morgan fingerprint density at radius 2 is 1.51 bits per heavy atom. The lowest BCUT2D eigenvalue weighted by Gasteiger charge is -2.35. The molecule has 190 valence electrons. The summed E-state index contributed by atoms with van der Waals surface area (Å²) in [7, 11) is 1.55. The van der Waals surface area contributed by atoms with Gasteiger partial charge in [-0.3, -0.25) is 14.5 Å². The molecule has 1 aliphatic heterocycles. The molecule has 4 rings (SSSR count). The molecule has 1 heterocycles. The van der Waals surface area contributed by atoms with Crippen molar-refractivity contribution in [3.8, 4) is 11.5 Å². The van der Waals surface area contributed by atoms with Crippen LogP contribution >= 0.6 is 0 Å². The summed E-state index contributed by atoms with van der Waals surface area (Å²) in [4.78, 5) is 30.3. The van der Waals surface area contributed by atoms with E-state index in [0.717, 1.165) is 10.5 Å². The number of ether oxygens (including phenoxy) is 3. The lowest BCUT2D eigenvalue weighted by atomic mass is 10.0. The van der Waals surface area contributed by atoms with E-state index in [0.29, 0.717) is 11.5 Å². The Bertz CT molecular complexity index is 1240. The van der Waals surface area contributed by atoms with Crippen LogP contribution in [-0.4, -0.2) is 60.3 Å². The number of aliphatic hydroxyl groups excluding tert-OH is 1. The smallest absolute Gasteiger partial charge is 0.261 e. The first-order chi connectivity index (χ1) is 18.1. The summed E-state index contributed by atoms with van der Waals surface area (Å²) in [5.74, 6) is 0.0310. The Morgan fingerprint density at radius 3 is 2.08 bits per heavy atom. The van der Waals surface area contributed by atoms with Crippen LogP contribution in [0.2, 0.25) is 0 Å². The van der Waals surface area contributed by atoms with Gasteiger partial charge in [-0.1, -0.05) is 47.6 Å². The molecule has 0 saturated carbocycles. The van der Waals surface area contributed by atoms with Crippen molar-refractivity contribution < 1.29 is 28.9 Å². The fourth-order valence-electron chi connectivity index (χ4n) is 4.20. The summed E-state index contributed by atoms with van der Waals surface area (Å²) >= 11 is 0. The summed E-state index contributed by atoms with van der Waals surface area (Å²) in [5.41, 5.74) is 10.6. The third kappa shape index (κ3) is 5.73. The molecule has 1 N–H and O–H groups in total. The van der Waals surface area contributed by atoms with Crippen LogP contribution in [0.4, 0.5) is 0 Å². The molecule has 3 aromatic carbocycles. The normalized spacial score (nSPS) is 14.9. The van der Waals surface area contributed by atoms with Gasteiger partial charge in [-0.05, 0) is 47.5 Å². The summed E-state index contributed by atoms with van der Waals surface area (Å²) in [6.07, 6.45) is -1.07. The summed E-state index contributed by atoms with van der Waals surface area (Å²) in [5, 5.41) is 14.3. The van der Waals surface area contributed by atoms with Crippen LogP contribution in [0.15, 0.2) is 84.0 Å². The molecule has 1 aliphatic rings. The van der Waals surface area contributed by atoms with Crippen molar-refractivity contribution in [2.45, 2.75) is 24.8 Å². The van der Waals surface area contributed by atoms with Gasteiger partial charge in [0.25, 0.3) is 11.8 Å². The van der Waals surface area contributed by atoms with Gasteiger partial charge in [0, 0.05) is 4.91 Å². The first-order valence-electron chi connectivity index (χ1n) is 11.6. The summed E-state index contributed by atoms with van der Waals surface area (Å²) in [6, 6.07) is 20.4. The van der Waals surface area contributed by atoms with Crippen LogP contribution in [0.5, 0.6) is 11.5 Å². The zero-order valence-corrected chi connectivity index (χ0v) is 20.1. The lowest BCUT2D eigenvalue weighted by molar-refractivity contribution is -0.0459. The SMILES string of the molecule is COc1ccc(OC[C@H](N=[N+]=[N-])[C@H](OCc2ccccc2)[C@@H](CO)N2C(=O)c3ccccc3C2=O)cc1. The third-order valence-electron chi connectivity index (χ3n) is 6.07. The molecule has 3 aromatic rings. The first-order valence-corrected chi connectivity index (χ1v) is 11.6. The molecule has 2 amide bonds. The third-order valence-corrected chi connectivity index (χ3v) is 6.07. The summed E-state index contributed by atoms with van der Waals surface area (Å²) < 4.78 is 17.2. The van der Waals surface area contributed by atoms with Gasteiger partial charge in [-0.2, -0.15) is 0 Å². The molecular weight excluding hydrogens is 476 g/mol. The second-order valence-electron chi connectivity index (χ2n) is 8.30. The van der Waals surface area contributed by atoms with Crippen molar-refractivity contribution in [3.05, 3.63) is 106 Å². The van der Waals surface area contributed by atoms with Crippen molar-refractivity contribution in [1.82, 2.24) is 4.90 Å². The highest BCUT2D eigenvalue weighted by Crippen LogP contribution is 2.28. The number of azide groups is 1. The predicted molar refractivity (Wildman–Crippen MR) is 134 cm³/mol. The Morgan fingerprint density at radius 1 is 0.919 bits per heavy atom. The molecule has 3 atom stereocenters. The number of amides is 2. The number of imide groups is 1. The number of hydrogen-bond acceptors (Lipinski definition) is 7. The topological polar surface area (TPSA) is 134 Å². The van der Waals surface area contributed by atoms with Crippen molar-refractivity contribution in [1.29, 1.82) is 0 Å². The number of carbonyl (C=O) groups is 2. The molecule has 10 heteroatoms. The molecule has 0 fully saturated rings. The van der Waals surface area contributed by atoms with Crippen molar-refractivity contribution in [2.24, 2.45) is 5.11 Å². The average Bonchev–Trinajstić information content (AvgIpc) is 3.19. The quantitative estimate of drug-likeness (QED) is 0.172. The van der Waals surface area contributed by atoms with Gasteiger partial charge >= 0.3 is 0 Å². The van der Waals surface area contributed by atoms with Crippen molar-refractivity contribution in [3.63, 3.8) is 0 Å². The van der Waals surface area contributed by atoms with E-state index in [1.807, 2.05) is 30.3 Å². The van der Waals surface area contributed by atoms with Gasteiger partial charge in [0.1, 0.15) is 11.5 Å². The van der Waals surface area contributed by atoms with Gasteiger partial charge in [0.05, 0.1) is 56.2 Å². The average molecular weight is 503 g/mol. The Balaban J connectivity index is 1.63. The molecule has 0 unspecified atom stereocenters. The van der Waals surface area contributed by atoms with Crippen LogP contribution in [-0.2, 0) is 11.3 Å². The zero-order chi connectivity index (χ0) is 26.2. The molecule has 0 spiro atoms. The second-order valence-corrected chi connectivity index (χ2v) is 8.30. The maximum absolute atomic E-state index is 13.2. The van der Waals surface area contributed by atoms with Gasteiger partial charge in [0.15, 0.2) is 0 Å². The van der Waals surface area contributed by atoms with E-state index in [4.69, 9.17) is 14.2 Å². The highest BCUT2D eigenvalue weighted by atomic mass is 16.5. The number of nitrogens with zero attached hydrogens (tertiary/aromatic N) is 4. The molecule has 0 radical (unpaired) electrons. The van der Waals surface area contributed by atoms with Crippen molar-refractivity contribution >= 4 is 11.8 Å². The van der Waals surface area contributed by atoms with Crippen molar-refractivity contribution in [2.75, 3.05) is 20.3 Å². The van der Waals surface area contributed by atoms with E-state index >= 15 is 0 Å². The first kappa shape index (κ1) is 25.7. The molecule has 10 nitrogen and oxygen atoms in total. The zero-order valence-electron chi connectivity index (χ0n) is 20.1. The molecular formula is C27H26N4O6. The van der Waals surface area contributed by atoms with Gasteiger partial charge in [-0.15, -0.1) is 0 Å². The molecule has 0 aromatic heterocycles. The lowest BCUT2D eigenvalue weighted by Crippen LogP contribution is -2.54. The molecule has 0 bridgehead atoms. The van der Waals surface area contributed by atoms with Gasteiger partial charge in [0.2, 0.25) is 0 Å². The molecule has 0 aliphatic carbocycles. The van der Waals surface area contributed by atoms with E-state index in [9.17, 15) is 20.2 Å². The van der Waals surface area contributed by atoms with Gasteiger partial charge < -0.3 is 19.3 Å². The van der Waals surface area contributed by atoms with Crippen LogP contribution in [0.3, 0.4) is 0 Å². The highest BCUT2D eigenvalue weighted by molar-refractivity contribution is 6.21. The molecule has 37 heavy (non-hydrogen) atoms.